The van der Waals surface area contributed by atoms with Crippen molar-refractivity contribution < 1.29 is 5.11 Å². The zero-order valence-corrected chi connectivity index (χ0v) is 9.10. The second-order valence-corrected chi connectivity index (χ2v) is 4.91. The molecule has 0 bridgehead atoms. The number of anilines is 1. The second-order valence-electron chi connectivity index (χ2n) is 3.92. The molecule has 0 radical (unpaired) electrons. The largest absolute Gasteiger partial charge is 0.394 e. The monoisotopic (exact) mass is 209 g/mol. The molecular weight excluding hydrogens is 194 g/mol. The van der Waals surface area contributed by atoms with Gasteiger partial charge >= 0.3 is 0 Å². The highest BCUT2D eigenvalue weighted by atomic mass is 32.2. The Bertz CT molecular complexity index is 300. The third kappa shape index (κ3) is 1.88. The van der Waals surface area contributed by atoms with E-state index in [1.165, 1.54) is 5.56 Å². The summed E-state index contributed by atoms with van der Waals surface area (Å²) in [5.74, 6) is 1.99. The lowest BCUT2D eigenvalue weighted by atomic mass is 10.0. The lowest BCUT2D eigenvalue weighted by Gasteiger charge is -2.41. The molecular formula is C11H15NOS. The predicted octanol–water partition coefficient (Wildman–Crippen LogP) is 1.88. The molecule has 76 valence electrons. The Morgan fingerprint density at radius 1 is 1.36 bits per heavy atom. The smallest absolute Gasteiger partial charge is 0.0784 e. The van der Waals surface area contributed by atoms with Gasteiger partial charge in [-0.2, -0.15) is 11.8 Å². The van der Waals surface area contributed by atoms with Gasteiger partial charge in [0.15, 0.2) is 0 Å². The van der Waals surface area contributed by atoms with Gasteiger partial charge in [0.05, 0.1) is 12.1 Å². The Balaban J connectivity index is 2.06. The molecule has 2 N–H and O–H groups in total. The van der Waals surface area contributed by atoms with Crippen LogP contribution in [0.25, 0.3) is 0 Å². The molecule has 1 aliphatic rings. The van der Waals surface area contributed by atoms with Crippen LogP contribution in [-0.4, -0.2) is 28.8 Å². The third-order valence-corrected chi connectivity index (χ3v) is 4.03. The van der Waals surface area contributed by atoms with E-state index >= 15 is 0 Å². The van der Waals surface area contributed by atoms with Crippen LogP contribution < -0.4 is 5.32 Å². The van der Waals surface area contributed by atoms with E-state index in [9.17, 15) is 5.11 Å². The predicted molar refractivity (Wildman–Crippen MR) is 61.9 cm³/mol. The summed E-state index contributed by atoms with van der Waals surface area (Å²) in [6, 6.07) is 8.30. The summed E-state index contributed by atoms with van der Waals surface area (Å²) >= 11 is 1.87. The van der Waals surface area contributed by atoms with E-state index in [2.05, 4.69) is 36.5 Å². The number of aryl methyl sites for hydroxylation is 1. The summed E-state index contributed by atoms with van der Waals surface area (Å²) in [5.41, 5.74) is 2.29. The molecule has 2 nitrogen and oxygen atoms in total. The molecule has 0 aromatic heterocycles. The molecule has 1 saturated heterocycles. The molecule has 1 heterocycles. The van der Waals surface area contributed by atoms with Gasteiger partial charge in [-0.25, -0.2) is 0 Å². The van der Waals surface area contributed by atoms with Crippen molar-refractivity contribution in [2.24, 2.45) is 0 Å². The van der Waals surface area contributed by atoms with E-state index in [1.54, 1.807) is 0 Å². The summed E-state index contributed by atoms with van der Waals surface area (Å²) in [6.45, 7) is 2.29. The Kier molecular flexibility index (Phi) is 2.70. The fourth-order valence-corrected chi connectivity index (χ4v) is 2.52. The summed E-state index contributed by atoms with van der Waals surface area (Å²) in [5, 5.41) is 12.7. The normalized spacial score (nSPS) is 18.7. The second kappa shape index (κ2) is 3.83. The highest BCUT2D eigenvalue weighted by Gasteiger charge is 2.36. The number of nitrogens with one attached hydrogen (secondary N) is 1. The maximum absolute atomic E-state index is 9.28. The van der Waals surface area contributed by atoms with Crippen molar-refractivity contribution in [2.75, 3.05) is 23.4 Å². The van der Waals surface area contributed by atoms with Crippen LogP contribution in [-0.2, 0) is 0 Å². The average Bonchev–Trinajstić information content (AvgIpc) is 2.15. The minimum absolute atomic E-state index is 0.0695. The van der Waals surface area contributed by atoms with Crippen LogP contribution in [0.5, 0.6) is 0 Å². The molecule has 0 saturated carbocycles. The molecule has 0 amide bonds. The van der Waals surface area contributed by atoms with Crippen molar-refractivity contribution in [3.8, 4) is 0 Å². The van der Waals surface area contributed by atoms with Crippen molar-refractivity contribution in [3.63, 3.8) is 0 Å². The van der Waals surface area contributed by atoms with Crippen LogP contribution in [0, 0.1) is 6.92 Å². The van der Waals surface area contributed by atoms with Gasteiger partial charge in [-0.3, -0.25) is 0 Å². The average molecular weight is 209 g/mol. The van der Waals surface area contributed by atoms with E-state index in [1.807, 2.05) is 11.8 Å². The van der Waals surface area contributed by atoms with Crippen molar-refractivity contribution in [3.05, 3.63) is 29.8 Å². The van der Waals surface area contributed by atoms with Crippen LogP contribution in [0.1, 0.15) is 5.56 Å². The highest BCUT2D eigenvalue weighted by molar-refractivity contribution is 8.00. The van der Waals surface area contributed by atoms with E-state index in [0.717, 1.165) is 17.2 Å². The van der Waals surface area contributed by atoms with Gasteiger partial charge in [0, 0.05) is 17.2 Å². The summed E-state index contributed by atoms with van der Waals surface area (Å²) in [7, 11) is 0. The maximum atomic E-state index is 9.28. The molecule has 1 aromatic rings. The molecule has 1 aromatic carbocycles. The fraction of sp³-hybridized carbons (Fsp3) is 0.455. The number of aliphatic hydroxyl groups is 1. The van der Waals surface area contributed by atoms with Crippen molar-refractivity contribution in [2.45, 2.75) is 12.5 Å². The maximum Gasteiger partial charge on any atom is 0.0784 e. The zero-order chi connectivity index (χ0) is 10.0. The van der Waals surface area contributed by atoms with Crippen molar-refractivity contribution in [1.82, 2.24) is 0 Å². The van der Waals surface area contributed by atoms with Gasteiger partial charge in [0.25, 0.3) is 0 Å². The number of thioether (sulfide) groups is 1. The quantitative estimate of drug-likeness (QED) is 0.797. The van der Waals surface area contributed by atoms with Gasteiger partial charge in [0.1, 0.15) is 0 Å². The molecule has 0 atom stereocenters. The third-order valence-electron chi connectivity index (χ3n) is 2.52. The summed E-state index contributed by atoms with van der Waals surface area (Å²) in [6.07, 6.45) is 0. The number of hydrogen-bond acceptors (Lipinski definition) is 3. The topological polar surface area (TPSA) is 32.3 Å². The van der Waals surface area contributed by atoms with Crippen molar-refractivity contribution >= 4 is 17.4 Å². The Labute approximate surface area is 88.7 Å². The lowest BCUT2D eigenvalue weighted by molar-refractivity contribution is 0.233. The molecule has 14 heavy (non-hydrogen) atoms. The number of aliphatic hydroxyl groups excluding tert-OH is 1. The minimum Gasteiger partial charge on any atom is -0.394 e. The van der Waals surface area contributed by atoms with E-state index < -0.39 is 0 Å². The van der Waals surface area contributed by atoms with Gasteiger partial charge in [-0.05, 0) is 19.1 Å². The first-order chi connectivity index (χ1) is 6.74. The first kappa shape index (κ1) is 9.87. The standard InChI is InChI=1S/C11H15NOS/c1-9-2-4-10(5-3-9)12-11(6-13)7-14-8-11/h2-5,12-13H,6-8H2,1H3. The van der Waals surface area contributed by atoms with Crippen LogP contribution in [0.3, 0.4) is 0 Å². The van der Waals surface area contributed by atoms with Crippen LogP contribution in [0.2, 0.25) is 0 Å². The molecule has 0 aliphatic carbocycles. The van der Waals surface area contributed by atoms with Crippen molar-refractivity contribution in [1.29, 1.82) is 0 Å². The molecule has 0 spiro atoms. The molecule has 1 aliphatic heterocycles. The highest BCUT2D eigenvalue weighted by Crippen LogP contribution is 2.32. The molecule has 2 rings (SSSR count). The number of benzene rings is 1. The van der Waals surface area contributed by atoms with Gasteiger partial charge < -0.3 is 10.4 Å². The fourth-order valence-electron chi connectivity index (χ4n) is 1.49. The molecule has 1 fully saturated rings. The summed E-state index contributed by atoms with van der Waals surface area (Å²) in [4.78, 5) is 0. The van der Waals surface area contributed by atoms with Crippen LogP contribution >= 0.6 is 11.8 Å². The van der Waals surface area contributed by atoms with E-state index in [4.69, 9.17) is 0 Å². The van der Waals surface area contributed by atoms with Gasteiger partial charge in [-0.15, -0.1) is 0 Å². The first-order valence-corrected chi connectivity index (χ1v) is 5.93. The number of rotatable bonds is 3. The SMILES string of the molecule is Cc1ccc(NC2(CO)CSC2)cc1. The Hall–Kier alpha value is -0.670. The van der Waals surface area contributed by atoms with Gasteiger partial charge in [0.2, 0.25) is 0 Å². The molecule has 0 unspecified atom stereocenters. The van der Waals surface area contributed by atoms with E-state index in [0.29, 0.717) is 0 Å². The first-order valence-electron chi connectivity index (χ1n) is 4.78. The van der Waals surface area contributed by atoms with Crippen LogP contribution in [0.4, 0.5) is 5.69 Å². The van der Waals surface area contributed by atoms with Gasteiger partial charge in [-0.1, -0.05) is 17.7 Å². The van der Waals surface area contributed by atoms with Crippen LogP contribution in [0.15, 0.2) is 24.3 Å². The Morgan fingerprint density at radius 2 is 2.00 bits per heavy atom. The zero-order valence-electron chi connectivity index (χ0n) is 8.29. The number of hydrogen-bond donors (Lipinski definition) is 2. The Morgan fingerprint density at radius 3 is 2.43 bits per heavy atom. The minimum atomic E-state index is -0.0695. The molecule has 3 heteroatoms. The van der Waals surface area contributed by atoms with E-state index in [-0.39, 0.29) is 12.1 Å². The lowest BCUT2D eigenvalue weighted by Crippen LogP contribution is -2.53. The summed E-state index contributed by atoms with van der Waals surface area (Å²) < 4.78 is 0.